The number of nitrogens with one attached hydrogen (secondary N) is 1. The SMILES string of the molecule is Cl.NCCN(CCc1ccccc1)C(=O)c1ccc(NC2CC2)c([N+](=O)[O-])c1. The van der Waals surface area contributed by atoms with Crippen LogP contribution in [0.1, 0.15) is 28.8 Å². The number of benzene rings is 2. The van der Waals surface area contributed by atoms with E-state index in [4.69, 9.17) is 5.73 Å². The first-order valence-corrected chi connectivity index (χ1v) is 9.16. The number of amides is 1. The van der Waals surface area contributed by atoms with Crippen molar-refractivity contribution in [2.75, 3.05) is 25.0 Å². The van der Waals surface area contributed by atoms with Gasteiger partial charge in [0.25, 0.3) is 11.6 Å². The predicted octanol–water partition coefficient (Wildman–Crippen LogP) is 3.23. The number of carbonyl (C=O) groups excluding carboxylic acids is 1. The minimum absolute atomic E-state index is 0. The Morgan fingerprint density at radius 2 is 1.89 bits per heavy atom. The second-order valence-corrected chi connectivity index (χ2v) is 6.72. The molecule has 3 N–H and O–H groups in total. The summed E-state index contributed by atoms with van der Waals surface area (Å²) in [4.78, 5) is 25.5. The number of hydrogen-bond acceptors (Lipinski definition) is 5. The van der Waals surface area contributed by atoms with E-state index in [2.05, 4.69) is 5.32 Å². The number of nitro groups is 1. The van der Waals surface area contributed by atoms with Gasteiger partial charge in [-0.2, -0.15) is 0 Å². The predicted molar refractivity (Wildman–Crippen MR) is 112 cm³/mol. The van der Waals surface area contributed by atoms with Gasteiger partial charge < -0.3 is 16.0 Å². The fraction of sp³-hybridized carbons (Fsp3) is 0.350. The summed E-state index contributed by atoms with van der Waals surface area (Å²) in [5.41, 5.74) is 7.50. The van der Waals surface area contributed by atoms with Crippen LogP contribution in [0.4, 0.5) is 11.4 Å². The molecule has 0 radical (unpaired) electrons. The van der Waals surface area contributed by atoms with Crippen LogP contribution in [0.15, 0.2) is 48.5 Å². The number of anilines is 1. The van der Waals surface area contributed by atoms with Crippen molar-refractivity contribution in [1.82, 2.24) is 4.90 Å². The van der Waals surface area contributed by atoms with E-state index in [1.165, 1.54) is 6.07 Å². The maximum absolute atomic E-state index is 12.9. The molecule has 0 bridgehead atoms. The quantitative estimate of drug-likeness (QED) is 0.493. The van der Waals surface area contributed by atoms with Crippen LogP contribution in [0.5, 0.6) is 0 Å². The van der Waals surface area contributed by atoms with Crippen molar-refractivity contribution in [3.63, 3.8) is 0 Å². The number of carbonyl (C=O) groups is 1. The first kappa shape index (κ1) is 21.7. The summed E-state index contributed by atoms with van der Waals surface area (Å²) in [6, 6.07) is 14.8. The summed E-state index contributed by atoms with van der Waals surface area (Å²) in [6.45, 7) is 1.25. The Bertz CT molecular complexity index is 812. The van der Waals surface area contributed by atoms with Crippen LogP contribution in [-0.2, 0) is 6.42 Å². The van der Waals surface area contributed by atoms with Gasteiger partial charge >= 0.3 is 0 Å². The Hall–Kier alpha value is -2.64. The lowest BCUT2D eigenvalue weighted by molar-refractivity contribution is -0.384. The van der Waals surface area contributed by atoms with Gasteiger partial charge in [0, 0.05) is 37.3 Å². The Kier molecular flexibility index (Phi) is 7.78. The van der Waals surface area contributed by atoms with Gasteiger partial charge in [0.15, 0.2) is 0 Å². The topological polar surface area (TPSA) is 102 Å². The molecule has 1 aliphatic carbocycles. The highest BCUT2D eigenvalue weighted by Gasteiger charge is 2.26. The molecule has 0 heterocycles. The lowest BCUT2D eigenvalue weighted by atomic mass is 10.1. The van der Waals surface area contributed by atoms with Crippen molar-refractivity contribution in [2.24, 2.45) is 5.73 Å². The molecule has 0 unspecified atom stereocenters. The fourth-order valence-corrected chi connectivity index (χ4v) is 2.95. The normalized spacial score (nSPS) is 12.8. The number of nitro benzene ring substituents is 1. The summed E-state index contributed by atoms with van der Waals surface area (Å²) in [5.74, 6) is -0.238. The van der Waals surface area contributed by atoms with Gasteiger partial charge in [-0.15, -0.1) is 12.4 Å². The van der Waals surface area contributed by atoms with Gasteiger partial charge in [-0.05, 0) is 37.0 Å². The highest BCUT2D eigenvalue weighted by molar-refractivity contribution is 5.95. The van der Waals surface area contributed by atoms with E-state index in [1.54, 1.807) is 17.0 Å². The molecule has 28 heavy (non-hydrogen) atoms. The summed E-state index contributed by atoms with van der Waals surface area (Å²) in [5, 5.41) is 14.6. The molecule has 0 aliphatic heterocycles. The maximum atomic E-state index is 12.9. The van der Waals surface area contributed by atoms with Crippen LogP contribution < -0.4 is 11.1 Å². The van der Waals surface area contributed by atoms with Crippen molar-refractivity contribution in [1.29, 1.82) is 0 Å². The monoisotopic (exact) mass is 404 g/mol. The Balaban J connectivity index is 0.00000280. The van der Waals surface area contributed by atoms with E-state index in [0.29, 0.717) is 43.3 Å². The number of hydrogen-bond donors (Lipinski definition) is 2. The first-order valence-electron chi connectivity index (χ1n) is 9.16. The molecule has 150 valence electrons. The van der Waals surface area contributed by atoms with Crippen LogP contribution in [0, 0.1) is 10.1 Å². The zero-order valence-electron chi connectivity index (χ0n) is 15.5. The molecular formula is C20H25ClN4O3. The molecule has 7 nitrogen and oxygen atoms in total. The largest absolute Gasteiger partial charge is 0.377 e. The average Bonchev–Trinajstić information content (AvgIpc) is 3.49. The zero-order valence-corrected chi connectivity index (χ0v) is 16.4. The molecule has 1 saturated carbocycles. The average molecular weight is 405 g/mol. The van der Waals surface area contributed by atoms with Gasteiger partial charge in [-0.3, -0.25) is 14.9 Å². The summed E-state index contributed by atoms with van der Waals surface area (Å²) in [6.07, 6.45) is 2.74. The molecule has 2 aromatic rings. The molecule has 0 spiro atoms. The van der Waals surface area contributed by atoms with E-state index in [-0.39, 0.29) is 24.0 Å². The van der Waals surface area contributed by atoms with E-state index in [1.807, 2.05) is 30.3 Å². The van der Waals surface area contributed by atoms with Crippen molar-refractivity contribution in [3.05, 3.63) is 69.8 Å². The Morgan fingerprint density at radius 1 is 1.18 bits per heavy atom. The fourth-order valence-electron chi connectivity index (χ4n) is 2.95. The van der Waals surface area contributed by atoms with Crippen LogP contribution in [0.25, 0.3) is 0 Å². The minimum atomic E-state index is -0.446. The lowest BCUT2D eigenvalue weighted by Crippen LogP contribution is -2.37. The number of rotatable bonds is 9. The third kappa shape index (κ3) is 5.68. The van der Waals surface area contributed by atoms with Crippen molar-refractivity contribution in [2.45, 2.75) is 25.3 Å². The Labute approximate surface area is 170 Å². The molecule has 0 atom stereocenters. The van der Waals surface area contributed by atoms with Gasteiger partial charge in [0.2, 0.25) is 0 Å². The second kappa shape index (κ2) is 10.1. The standard InChI is InChI=1S/C20H24N4O3.ClH/c21-11-13-23(12-10-15-4-2-1-3-5-15)20(25)16-6-9-18(22-17-7-8-17)19(14-16)24(26)27;/h1-6,9,14,17,22H,7-8,10-13,21H2;1H. The third-order valence-electron chi connectivity index (χ3n) is 4.58. The van der Waals surface area contributed by atoms with E-state index < -0.39 is 4.92 Å². The summed E-state index contributed by atoms with van der Waals surface area (Å²) >= 11 is 0. The molecule has 0 aromatic heterocycles. The van der Waals surface area contributed by atoms with Crippen LogP contribution in [0.3, 0.4) is 0 Å². The van der Waals surface area contributed by atoms with E-state index >= 15 is 0 Å². The molecule has 0 saturated heterocycles. The minimum Gasteiger partial charge on any atom is -0.377 e. The number of nitrogens with zero attached hydrogens (tertiary/aromatic N) is 2. The zero-order chi connectivity index (χ0) is 19.2. The summed E-state index contributed by atoms with van der Waals surface area (Å²) < 4.78 is 0. The Morgan fingerprint density at radius 3 is 2.50 bits per heavy atom. The number of nitrogens with two attached hydrogens (primary N) is 1. The van der Waals surface area contributed by atoms with Crippen molar-refractivity contribution < 1.29 is 9.72 Å². The van der Waals surface area contributed by atoms with E-state index in [9.17, 15) is 14.9 Å². The molecule has 1 fully saturated rings. The molecule has 1 aliphatic rings. The first-order chi connectivity index (χ1) is 13.1. The lowest BCUT2D eigenvalue weighted by Gasteiger charge is -2.22. The van der Waals surface area contributed by atoms with E-state index in [0.717, 1.165) is 18.4 Å². The van der Waals surface area contributed by atoms with Gasteiger partial charge in [0.05, 0.1) is 4.92 Å². The molecular weight excluding hydrogens is 380 g/mol. The van der Waals surface area contributed by atoms with Crippen molar-refractivity contribution >= 4 is 29.7 Å². The molecule has 2 aromatic carbocycles. The van der Waals surface area contributed by atoms with Crippen LogP contribution >= 0.6 is 12.4 Å². The van der Waals surface area contributed by atoms with Gasteiger partial charge in [0.1, 0.15) is 5.69 Å². The molecule has 1 amide bonds. The molecule has 8 heteroatoms. The highest BCUT2D eigenvalue weighted by atomic mass is 35.5. The van der Waals surface area contributed by atoms with Crippen LogP contribution in [-0.4, -0.2) is 41.4 Å². The smallest absolute Gasteiger partial charge is 0.293 e. The van der Waals surface area contributed by atoms with Gasteiger partial charge in [-0.1, -0.05) is 30.3 Å². The third-order valence-corrected chi connectivity index (χ3v) is 4.58. The van der Waals surface area contributed by atoms with Crippen molar-refractivity contribution in [3.8, 4) is 0 Å². The van der Waals surface area contributed by atoms with Gasteiger partial charge in [-0.25, -0.2) is 0 Å². The number of halogens is 1. The highest BCUT2D eigenvalue weighted by Crippen LogP contribution is 2.31. The second-order valence-electron chi connectivity index (χ2n) is 6.72. The maximum Gasteiger partial charge on any atom is 0.293 e. The molecule has 3 rings (SSSR count). The van der Waals surface area contributed by atoms with Crippen LogP contribution in [0.2, 0.25) is 0 Å². The summed E-state index contributed by atoms with van der Waals surface area (Å²) in [7, 11) is 0.